The highest BCUT2D eigenvalue weighted by Gasteiger charge is 2.19. The molecular formula is C23H31N3O3. The summed E-state index contributed by atoms with van der Waals surface area (Å²) < 4.78 is 11.3. The highest BCUT2D eigenvalue weighted by molar-refractivity contribution is 5.85. The van der Waals surface area contributed by atoms with Crippen molar-refractivity contribution in [1.29, 1.82) is 0 Å². The number of nitrogens with zero attached hydrogens (tertiary/aromatic N) is 2. The maximum absolute atomic E-state index is 12.0. The van der Waals surface area contributed by atoms with Crippen LogP contribution in [0.5, 0.6) is 5.75 Å². The molecule has 1 N–H and O–H groups in total. The molecular weight excluding hydrogens is 366 g/mol. The van der Waals surface area contributed by atoms with E-state index in [9.17, 15) is 4.79 Å². The number of carbonyl (C=O) groups excluding carboxylic acids is 1. The van der Waals surface area contributed by atoms with E-state index in [4.69, 9.17) is 9.47 Å². The maximum Gasteiger partial charge on any atom is 0.412 e. The number of hydrogen-bond donors (Lipinski definition) is 1. The van der Waals surface area contributed by atoms with Crippen LogP contribution in [-0.2, 0) is 17.8 Å². The topological polar surface area (TPSA) is 54.0 Å². The van der Waals surface area contributed by atoms with Gasteiger partial charge in [0, 0.05) is 56.7 Å². The fourth-order valence-electron chi connectivity index (χ4n) is 3.25. The van der Waals surface area contributed by atoms with Crippen LogP contribution in [-0.4, -0.2) is 43.8 Å². The minimum Gasteiger partial charge on any atom is -0.492 e. The van der Waals surface area contributed by atoms with Crippen LogP contribution in [0.2, 0.25) is 0 Å². The second-order valence-electron chi connectivity index (χ2n) is 8.57. The first kappa shape index (κ1) is 21.0. The molecule has 0 unspecified atom stereocenters. The van der Waals surface area contributed by atoms with Gasteiger partial charge in [0.05, 0.1) is 0 Å². The smallest absolute Gasteiger partial charge is 0.412 e. The average Bonchev–Trinajstić information content (AvgIpc) is 2.81. The summed E-state index contributed by atoms with van der Waals surface area (Å²) in [5.41, 5.74) is 3.73. The number of hydrogen-bond acceptors (Lipinski definition) is 5. The molecule has 1 aliphatic heterocycles. The zero-order chi connectivity index (χ0) is 21.0. The molecule has 0 spiro atoms. The molecule has 3 rings (SSSR count). The zero-order valence-electron chi connectivity index (χ0n) is 18.0. The summed E-state index contributed by atoms with van der Waals surface area (Å²) in [7, 11) is 4.11. The first-order valence-electron chi connectivity index (χ1n) is 9.94. The maximum atomic E-state index is 12.0. The lowest BCUT2D eigenvalue weighted by atomic mass is 10.1. The highest BCUT2D eigenvalue weighted by atomic mass is 16.6. The number of nitrogens with one attached hydrogen (secondary N) is 1. The van der Waals surface area contributed by atoms with Crippen LogP contribution >= 0.6 is 0 Å². The molecule has 156 valence electrons. The third kappa shape index (κ3) is 6.12. The second kappa shape index (κ2) is 8.74. The first-order chi connectivity index (χ1) is 13.7. The largest absolute Gasteiger partial charge is 0.492 e. The molecule has 1 amide bonds. The number of fused-ring (bicyclic) bond motifs is 1. The molecule has 6 heteroatoms. The van der Waals surface area contributed by atoms with Crippen molar-refractivity contribution in [3.63, 3.8) is 0 Å². The van der Waals surface area contributed by atoms with Gasteiger partial charge in [0.2, 0.25) is 0 Å². The molecule has 0 atom stereocenters. The Balaban J connectivity index is 1.67. The molecule has 0 fully saturated rings. The first-order valence-corrected chi connectivity index (χ1v) is 9.94. The number of anilines is 2. The minimum absolute atomic E-state index is 0.464. The Morgan fingerprint density at radius 1 is 1.21 bits per heavy atom. The van der Waals surface area contributed by atoms with E-state index in [0.29, 0.717) is 12.3 Å². The summed E-state index contributed by atoms with van der Waals surface area (Å²) in [4.78, 5) is 16.5. The summed E-state index contributed by atoms with van der Waals surface area (Å²) in [6, 6.07) is 14.4. The van der Waals surface area contributed by atoms with Gasteiger partial charge in [-0.3, -0.25) is 10.2 Å². The van der Waals surface area contributed by atoms with E-state index in [1.165, 1.54) is 11.3 Å². The van der Waals surface area contributed by atoms with E-state index >= 15 is 0 Å². The normalized spacial score (nSPS) is 14.4. The lowest BCUT2D eigenvalue weighted by molar-refractivity contribution is 0.0636. The molecule has 2 aromatic rings. The van der Waals surface area contributed by atoms with Crippen LogP contribution in [0, 0.1) is 0 Å². The standard InChI is InChI=1S/C23H31N3O3/c1-23(2,3)29-22(27)24-19-10-9-18-16-26(11-12-28-21(18)14-19)15-17-7-6-8-20(13-17)25(4)5/h6-10,13-14H,11-12,15-16H2,1-5H3,(H,24,27). The Hall–Kier alpha value is -2.73. The zero-order valence-corrected chi connectivity index (χ0v) is 18.0. The predicted molar refractivity (Wildman–Crippen MR) is 117 cm³/mol. The summed E-state index contributed by atoms with van der Waals surface area (Å²) in [6.07, 6.45) is -0.464. The molecule has 6 nitrogen and oxygen atoms in total. The van der Waals surface area contributed by atoms with Crippen LogP contribution in [0.3, 0.4) is 0 Å². The quantitative estimate of drug-likeness (QED) is 0.824. The van der Waals surface area contributed by atoms with Gasteiger partial charge in [-0.05, 0) is 44.5 Å². The summed E-state index contributed by atoms with van der Waals surface area (Å²) in [5.74, 6) is 0.808. The molecule has 1 heterocycles. The Labute approximate surface area is 173 Å². The summed E-state index contributed by atoms with van der Waals surface area (Å²) in [6.45, 7) is 8.64. The molecule has 0 saturated heterocycles. The fourth-order valence-corrected chi connectivity index (χ4v) is 3.25. The monoisotopic (exact) mass is 397 g/mol. The average molecular weight is 398 g/mol. The van der Waals surface area contributed by atoms with Gasteiger partial charge < -0.3 is 14.4 Å². The molecule has 0 saturated carbocycles. The van der Waals surface area contributed by atoms with Crippen molar-refractivity contribution in [2.75, 3.05) is 37.5 Å². The Bertz CT molecular complexity index is 859. The van der Waals surface area contributed by atoms with Crippen molar-refractivity contribution in [3.8, 4) is 5.75 Å². The van der Waals surface area contributed by atoms with Crippen LogP contribution in [0.1, 0.15) is 31.9 Å². The van der Waals surface area contributed by atoms with Crippen LogP contribution in [0.15, 0.2) is 42.5 Å². The predicted octanol–water partition coefficient (Wildman–Crippen LogP) is 4.49. The number of ether oxygens (including phenoxy) is 2. The molecule has 0 bridgehead atoms. The molecule has 29 heavy (non-hydrogen) atoms. The third-order valence-corrected chi connectivity index (χ3v) is 4.60. The van der Waals surface area contributed by atoms with E-state index in [1.54, 1.807) is 0 Å². The van der Waals surface area contributed by atoms with E-state index in [1.807, 2.05) is 39.0 Å². The second-order valence-corrected chi connectivity index (χ2v) is 8.57. The SMILES string of the molecule is CN(C)c1cccc(CN2CCOc3cc(NC(=O)OC(C)(C)C)ccc3C2)c1. The van der Waals surface area contributed by atoms with Crippen molar-refractivity contribution < 1.29 is 14.3 Å². The third-order valence-electron chi connectivity index (χ3n) is 4.60. The molecule has 0 aliphatic carbocycles. The molecule has 0 aromatic heterocycles. The number of benzene rings is 2. The van der Waals surface area contributed by atoms with Crippen molar-refractivity contribution in [2.45, 2.75) is 39.5 Å². The lowest BCUT2D eigenvalue weighted by Crippen LogP contribution is -2.27. The fraction of sp³-hybridized carbons (Fsp3) is 0.435. The van der Waals surface area contributed by atoms with Gasteiger partial charge in [-0.15, -0.1) is 0 Å². The molecule has 0 radical (unpaired) electrons. The lowest BCUT2D eigenvalue weighted by Gasteiger charge is -2.21. The number of rotatable bonds is 4. The van der Waals surface area contributed by atoms with Gasteiger partial charge in [-0.2, -0.15) is 0 Å². The van der Waals surface area contributed by atoms with E-state index in [0.717, 1.165) is 30.9 Å². The number of carbonyl (C=O) groups is 1. The van der Waals surface area contributed by atoms with Gasteiger partial charge in [0.15, 0.2) is 0 Å². The van der Waals surface area contributed by atoms with Gasteiger partial charge >= 0.3 is 6.09 Å². The minimum atomic E-state index is -0.531. The van der Waals surface area contributed by atoms with Crippen molar-refractivity contribution in [3.05, 3.63) is 53.6 Å². The summed E-state index contributed by atoms with van der Waals surface area (Å²) in [5, 5.41) is 2.78. The number of amides is 1. The van der Waals surface area contributed by atoms with E-state index < -0.39 is 11.7 Å². The van der Waals surface area contributed by atoms with Crippen molar-refractivity contribution in [1.82, 2.24) is 4.90 Å². The van der Waals surface area contributed by atoms with Crippen LogP contribution < -0.4 is 15.0 Å². The Morgan fingerprint density at radius 3 is 2.72 bits per heavy atom. The van der Waals surface area contributed by atoms with E-state index in [-0.39, 0.29) is 0 Å². The van der Waals surface area contributed by atoms with Crippen LogP contribution in [0.25, 0.3) is 0 Å². The van der Waals surface area contributed by atoms with E-state index in [2.05, 4.69) is 53.5 Å². The molecule has 2 aromatic carbocycles. The molecule has 1 aliphatic rings. The van der Waals surface area contributed by atoms with Gasteiger partial charge in [0.25, 0.3) is 0 Å². The van der Waals surface area contributed by atoms with Gasteiger partial charge in [0.1, 0.15) is 18.0 Å². The Morgan fingerprint density at radius 2 is 2.00 bits per heavy atom. The summed E-state index contributed by atoms with van der Waals surface area (Å²) >= 11 is 0. The van der Waals surface area contributed by atoms with Gasteiger partial charge in [-0.1, -0.05) is 18.2 Å². The van der Waals surface area contributed by atoms with Gasteiger partial charge in [-0.25, -0.2) is 4.79 Å². The Kier molecular flexibility index (Phi) is 6.33. The van der Waals surface area contributed by atoms with Crippen LogP contribution in [0.4, 0.5) is 16.2 Å². The van der Waals surface area contributed by atoms with Crippen molar-refractivity contribution in [2.24, 2.45) is 0 Å². The highest BCUT2D eigenvalue weighted by Crippen LogP contribution is 2.28. The van der Waals surface area contributed by atoms with Crippen molar-refractivity contribution >= 4 is 17.5 Å².